The zero-order valence-corrected chi connectivity index (χ0v) is 14.4. The van der Waals surface area contributed by atoms with Crippen LogP contribution in [-0.4, -0.2) is 17.1 Å². The lowest BCUT2D eigenvalue weighted by Crippen LogP contribution is -1.94. The van der Waals surface area contributed by atoms with E-state index in [9.17, 15) is 0 Å². The Morgan fingerprint density at radius 2 is 1.52 bits per heavy atom. The first-order chi connectivity index (χ1) is 12.3. The van der Waals surface area contributed by atoms with Gasteiger partial charge in [0.05, 0.1) is 23.0 Å². The van der Waals surface area contributed by atoms with Gasteiger partial charge in [-0.25, -0.2) is 9.97 Å². The summed E-state index contributed by atoms with van der Waals surface area (Å²) in [5, 5.41) is 0.840. The van der Waals surface area contributed by atoms with E-state index in [1.807, 2.05) is 66.7 Å². The van der Waals surface area contributed by atoms with Crippen molar-refractivity contribution in [1.82, 2.24) is 9.97 Å². The minimum Gasteiger partial charge on any atom is -0.487 e. The van der Waals surface area contributed by atoms with E-state index in [2.05, 4.69) is 11.8 Å². The van der Waals surface area contributed by atoms with Gasteiger partial charge < -0.3 is 4.74 Å². The van der Waals surface area contributed by atoms with E-state index in [0.717, 1.165) is 32.2 Å². The van der Waals surface area contributed by atoms with Crippen LogP contribution >= 0.6 is 11.3 Å². The van der Waals surface area contributed by atoms with Crippen LogP contribution in [0.15, 0.2) is 66.7 Å². The van der Waals surface area contributed by atoms with Gasteiger partial charge in [0.1, 0.15) is 11.4 Å². The van der Waals surface area contributed by atoms with Gasteiger partial charge in [0.2, 0.25) is 0 Å². The maximum absolute atomic E-state index is 5.31. The Morgan fingerprint density at radius 1 is 0.800 bits per heavy atom. The van der Waals surface area contributed by atoms with Crippen LogP contribution in [0.5, 0.6) is 5.06 Å². The van der Waals surface area contributed by atoms with Gasteiger partial charge in [0, 0.05) is 5.56 Å². The van der Waals surface area contributed by atoms with Crippen LogP contribution in [-0.2, 0) is 0 Å². The van der Waals surface area contributed by atoms with Crippen LogP contribution in [0.25, 0.3) is 21.6 Å². The molecule has 25 heavy (non-hydrogen) atoms. The largest absolute Gasteiger partial charge is 0.487 e. The van der Waals surface area contributed by atoms with Crippen molar-refractivity contribution in [2.24, 2.45) is 0 Å². The number of thiophene rings is 1. The first-order valence-corrected chi connectivity index (χ1v) is 8.63. The highest BCUT2D eigenvalue weighted by atomic mass is 32.1. The molecule has 120 valence electrons. The van der Waals surface area contributed by atoms with Crippen molar-refractivity contribution in [3.63, 3.8) is 0 Å². The van der Waals surface area contributed by atoms with E-state index >= 15 is 0 Å². The molecule has 0 bridgehead atoms. The van der Waals surface area contributed by atoms with Crippen molar-refractivity contribution in [1.29, 1.82) is 0 Å². The van der Waals surface area contributed by atoms with E-state index in [0.29, 0.717) is 5.69 Å². The molecule has 0 amide bonds. The lowest BCUT2D eigenvalue weighted by Gasteiger charge is -2.04. The van der Waals surface area contributed by atoms with Crippen LogP contribution < -0.4 is 4.74 Å². The van der Waals surface area contributed by atoms with E-state index in [1.54, 1.807) is 7.11 Å². The molecule has 4 heteroatoms. The number of benzene rings is 2. The molecule has 0 atom stereocenters. The van der Waals surface area contributed by atoms with E-state index in [4.69, 9.17) is 14.7 Å². The normalized spacial score (nSPS) is 10.3. The molecule has 0 radical (unpaired) electrons. The summed E-state index contributed by atoms with van der Waals surface area (Å²) in [5.74, 6) is 6.37. The molecular weight excluding hydrogens is 328 g/mol. The number of methoxy groups -OCH3 is 1. The second-order valence-corrected chi connectivity index (χ2v) is 6.39. The zero-order valence-electron chi connectivity index (χ0n) is 13.6. The van der Waals surface area contributed by atoms with E-state index in [-0.39, 0.29) is 0 Å². The van der Waals surface area contributed by atoms with Gasteiger partial charge in [-0.15, -0.1) is 0 Å². The van der Waals surface area contributed by atoms with Crippen LogP contribution in [0.4, 0.5) is 0 Å². The number of aromatic nitrogens is 2. The summed E-state index contributed by atoms with van der Waals surface area (Å²) >= 11 is 1.54. The van der Waals surface area contributed by atoms with Gasteiger partial charge in [0.25, 0.3) is 0 Å². The van der Waals surface area contributed by atoms with Crippen molar-refractivity contribution in [2.45, 2.75) is 0 Å². The van der Waals surface area contributed by atoms with Gasteiger partial charge in [-0.05, 0) is 42.3 Å². The predicted octanol–water partition coefficient (Wildman–Crippen LogP) is 4.77. The molecule has 3 nitrogen and oxygen atoms in total. The third-order valence-electron chi connectivity index (χ3n) is 3.69. The highest BCUT2D eigenvalue weighted by Crippen LogP contribution is 2.33. The lowest BCUT2D eigenvalue weighted by atomic mass is 10.2. The minimum atomic E-state index is 0.673. The molecule has 0 aliphatic carbocycles. The molecule has 0 saturated heterocycles. The summed E-state index contributed by atoms with van der Waals surface area (Å²) in [4.78, 5) is 10.5. The first-order valence-electron chi connectivity index (χ1n) is 7.81. The maximum Gasteiger partial charge on any atom is 0.173 e. The fourth-order valence-corrected chi connectivity index (χ4v) is 3.28. The summed E-state index contributed by atoms with van der Waals surface area (Å²) in [6, 6.07) is 21.7. The Kier molecular flexibility index (Phi) is 4.16. The monoisotopic (exact) mass is 342 g/mol. The standard InChI is InChI=1S/C21H14N2OS/c1-24-20-14-13-19(25-20)21-18(12-11-15-7-3-2-4-8-15)22-16-9-5-6-10-17(16)23-21/h2-10,13-14H,1H3. The number of hydrogen-bond donors (Lipinski definition) is 0. The second-order valence-electron chi connectivity index (χ2n) is 5.35. The summed E-state index contributed by atoms with van der Waals surface area (Å²) in [6.07, 6.45) is 0. The second kappa shape index (κ2) is 6.76. The summed E-state index contributed by atoms with van der Waals surface area (Å²) in [7, 11) is 1.66. The number of ether oxygens (including phenoxy) is 1. The molecule has 4 aromatic rings. The number of fused-ring (bicyclic) bond motifs is 1. The molecule has 2 aromatic carbocycles. The molecule has 0 unspecified atom stereocenters. The molecule has 0 spiro atoms. The predicted molar refractivity (Wildman–Crippen MR) is 102 cm³/mol. The average Bonchev–Trinajstić information content (AvgIpc) is 3.15. The van der Waals surface area contributed by atoms with Crippen molar-refractivity contribution in [3.8, 4) is 27.5 Å². The Hall–Kier alpha value is -3.16. The molecule has 0 aliphatic rings. The van der Waals surface area contributed by atoms with E-state index < -0.39 is 0 Å². The average molecular weight is 342 g/mol. The van der Waals surface area contributed by atoms with Crippen LogP contribution in [0, 0.1) is 11.8 Å². The summed E-state index contributed by atoms with van der Waals surface area (Å²) < 4.78 is 5.31. The van der Waals surface area contributed by atoms with Gasteiger partial charge in [-0.1, -0.05) is 47.6 Å². The molecule has 4 rings (SSSR count). The van der Waals surface area contributed by atoms with Crippen LogP contribution in [0.2, 0.25) is 0 Å². The smallest absolute Gasteiger partial charge is 0.173 e. The van der Waals surface area contributed by atoms with E-state index in [1.165, 1.54) is 11.3 Å². The van der Waals surface area contributed by atoms with Crippen molar-refractivity contribution < 1.29 is 4.74 Å². The topological polar surface area (TPSA) is 35.0 Å². The molecule has 2 heterocycles. The van der Waals surface area contributed by atoms with Crippen molar-refractivity contribution >= 4 is 22.4 Å². The number of rotatable bonds is 2. The van der Waals surface area contributed by atoms with Crippen molar-refractivity contribution in [3.05, 3.63) is 78.0 Å². The molecular formula is C21H14N2OS. The Balaban J connectivity index is 1.88. The SMILES string of the molecule is COc1ccc(-c2nc3ccccc3nc2C#Cc2ccccc2)s1. The third kappa shape index (κ3) is 3.23. The lowest BCUT2D eigenvalue weighted by molar-refractivity contribution is 0.427. The Bertz CT molecular complexity index is 1090. The van der Waals surface area contributed by atoms with Gasteiger partial charge in [-0.2, -0.15) is 0 Å². The van der Waals surface area contributed by atoms with Crippen LogP contribution in [0.3, 0.4) is 0 Å². The zero-order chi connectivity index (χ0) is 17.1. The highest BCUT2D eigenvalue weighted by Gasteiger charge is 2.12. The van der Waals surface area contributed by atoms with Gasteiger partial charge >= 0.3 is 0 Å². The molecule has 0 saturated carbocycles. The van der Waals surface area contributed by atoms with Gasteiger partial charge in [-0.3, -0.25) is 0 Å². The number of para-hydroxylation sites is 2. The minimum absolute atomic E-state index is 0.673. The first kappa shape index (κ1) is 15.4. The third-order valence-corrected chi connectivity index (χ3v) is 4.74. The molecule has 0 fully saturated rings. The number of hydrogen-bond acceptors (Lipinski definition) is 4. The molecule has 2 aromatic heterocycles. The fraction of sp³-hybridized carbons (Fsp3) is 0.0476. The molecule has 0 aliphatic heterocycles. The fourth-order valence-electron chi connectivity index (χ4n) is 2.47. The maximum atomic E-state index is 5.31. The number of nitrogens with zero attached hydrogens (tertiary/aromatic N) is 2. The summed E-state index contributed by atoms with van der Waals surface area (Å²) in [5.41, 5.74) is 4.11. The Morgan fingerprint density at radius 3 is 2.24 bits per heavy atom. The van der Waals surface area contributed by atoms with Gasteiger partial charge in [0.15, 0.2) is 5.06 Å². The van der Waals surface area contributed by atoms with Crippen molar-refractivity contribution in [2.75, 3.05) is 7.11 Å². The molecule has 0 N–H and O–H groups in total. The Labute approximate surface area is 150 Å². The van der Waals surface area contributed by atoms with Crippen LogP contribution in [0.1, 0.15) is 11.3 Å². The summed E-state index contributed by atoms with van der Waals surface area (Å²) in [6.45, 7) is 0. The highest BCUT2D eigenvalue weighted by molar-refractivity contribution is 7.17. The quantitative estimate of drug-likeness (QED) is 0.492.